The van der Waals surface area contributed by atoms with Crippen LogP contribution >= 0.6 is 15.9 Å². The molecule has 26 heavy (non-hydrogen) atoms. The van der Waals surface area contributed by atoms with Gasteiger partial charge in [0, 0.05) is 28.0 Å². The molecule has 3 aromatic rings. The number of carboxylic acids is 1. The third-order valence-electron chi connectivity index (χ3n) is 3.96. The first-order chi connectivity index (χ1) is 12.5. The van der Waals surface area contributed by atoms with E-state index >= 15 is 0 Å². The number of fused-ring (bicyclic) bond motifs is 1. The summed E-state index contributed by atoms with van der Waals surface area (Å²) in [5.41, 5.74) is 2.53. The molecule has 1 amide bonds. The van der Waals surface area contributed by atoms with Gasteiger partial charge in [0.1, 0.15) is 12.6 Å². The molecule has 1 atom stereocenters. The number of H-pyrrole nitrogens is 1. The predicted octanol–water partition coefficient (Wildman–Crippen LogP) is 3.85. The Balaban J connectivity index is 1.65. The zero-order valence-corrected chi connectivity index (χ0v) is 15.3. The topological polar surface area (TPSA) is 91.4 Å². The van der Waals surface area contributed by atoms with Crippen molar-refractivity contribution in [3.05, 3.63) is 70.3 Å². The van der Waals surface area contributed by atoms with E-state index in [-0.39, 0.29) is 13.0 Å². The fourth-order valence-corrected chi connectivity index (χ4v) is 3.02. The van der Waals surface area contributed by atoms with Crippen molar-refractivity contribution in [3.63, 3.8) is 0 Å². The van der Waals surface area contributed by atoms with E-state index in [2.05, 4.69) is 26.2 Å². The number of carbonyl (C=O) groups is 2. The molecule has 0 saturated heterocycles. The largest absolute Gasteiger partial charge is 0.480 e. The molecule has 0 spiro atoms. The Labute approximate surface area is 158 Å². The van der Waals surface area contributed by atoms with E-state index in [4.69, 9.17) is 4.74 Å². The summed E-state index contributed by atoms with van der Waals surface area (Å²) in [6.07, 6.45) is 1.14. The average Bonchev–Trinajstić information content (AvgIpc) is 3.02. The molecule has 6 nitrogen and oxygen atoms in total. The number of aromatic nitrogens is 1. The van der Waals surface area contributed by atoms with Crippen LogP contribution in [0.4, 0.5) is 4.79 Å². The highest BCUT2D eigenvalue weighted by Gasteiger charge is 2.22. The quantitative estimate of drug-likeness (QED) is 0.568. The molecule has 134 valence electrons. The van der Waals surface area contributed by atoms with Crippen molar-refractivity contribution in [2.45, 2.75) is 19.1 Å². The Morgan fingerprint density at radius 2 is 1.96 bits per heavy atom. The number of halogens is 1. The molecule has 0 aliphatic carbocycles. The monoisotopic (exact) mass is 416 g/mol. The van der Waals surface area contributed by atoms with E-state index in [0.29, 0.717) is 0 Å². The van der Waals surface area contributed by atoms with Gasteiger partial charge in [0.25, 0.3) is 0 Å². The lowest BCUT2D eigenvalue weighted by atomic mass is 10.1. The van der Waals surface area contributed by atoms with Gasteiger partial charge in [0.15, 0.2) is 0 Å². The summed E-state index contributed by atoms with van der Waals surface area (Å²) in [7, 11) is 0. The minimum Gasteiger partial charge on any atom is -0.480 e. The molecule has 3 N–H and O–H groups in total. The van der Waals surface area contributed by atoms with Gasteiger partial charge in [-0.3, -0.25) is 0 Å². The number of carboxylic acid groups (broad SMARTS) is 1. The Morgan fingerprint density at radius 1 is 1.19 bits per heavy atom. The smallest absolute Gasteiger partial charge is 0.408 e. The summed E-state index contributed by atoms with van der Waals surface area (Å²) in [5, 5.41) is 12.8. The van der Waals surface area contributed by atoms with Crippen LogP contribution in [0.15, 0.2) is 59.2 Å². The van der Waals surface area contributed by atoms with E-state index in [1.54, 1.807) is 6.20 Å². The Hall–Kier alpha value is -2.80. The van der Waals surface area contributed by atoms with Crippen LogP contribution in [0.2, 0.25) is 0 Å². The fraction of sp³-hybridized carbons (Fsp3) is 0.158. The predicted molar refractivity (Wildman–Crippen MR) is 101 cm³/mol. The molecule has 2 aromatic carbocycles. The number of hydrogen-bond acceptors (Lipinski definition) is 3. The first-order valence-electron chi connectivity index (χ1n) is 7.98. The maximum absolute atomic E-state index is 12.0. The maximum atomic E-state index is 12.0. The molecule has 0 saturated carbocycles. The Morgan fingerprint density at radius 3 is 2.69 bits per heavy atom. The van der Waals surface area contributed by atoms with Gasteiger partial charge in [-0.05, 0) is 23.3 Å². The normalized spacial score (nSPS) is 11.9. The van der Waals surface area contributed by atoms with Crippen LogP contribution in [-0.2, 0) is 22.6 Å². The van der Waals surface area contributed by atoms with Crippen molar-refractivity contribution in [2.24, 2.45) is 0 Å². The first-order valence-corrected chi connectivity index (χ1v) is 8.78. The number of ether oxygens (including phenoxy) is 1. The lowest BCUT2D eigenvalue weighted by molar-refractivity contribution is -0.139. The molecule has 7 heteroatoms. The second-order valence-electron chi connectivity index (χ2n) is 5.80. The van der Waals surface area contributed by atoms with Crippen LogP contribution in [0, 0.1) is 0 Å². The van der Waals surface area contributed by atoms with E-state index < -0.39 is 18.1 Å². The molecular formula is C19H17BrN2O4. The number of alkyl carbamates (subject to hydrolysis) is 1. The van der Waals surface area contributed by atoms with Crippen LogP contribution in [0.25, 0.3) is 10.9 Å². The van der Waals surface area contributed by atoms with Gasteiger partial charge >= 0.3 is 12.1 Å². The van der Waals surface area contributed by atoms with Crippen LogP contribution in [-0.4, -0.2) is 28.2 Å². The van der Waals surface area contributed by atoms with E-state index in [9.17, 15) is 14.7 Å². The lowest BCUT2D eigenvalue weighted by Crippen LogP contribution is -2.42. The van der Waals surface area contributed by atoms with Gasteiger partial charge in [-0.15, -0.1) is 0 Å². The maximum Gasteiger partial charge on any atom is 0.408 e. The number of aromatic amines is 1. The van der Waals surface area contributed by atoms with Crippen molar-refractivity contribution < 1.29 is 19.4 Å². The molecule has 3 rings (SSSR count). The Kier molecular flexibility index (Phi) is 5.58. The molecule has 0 bridgehead atoms. The van der Waals surface area contributed by atoms with Gasteiger partial charge < -0.3 is 20.1 Å². The Bertz CT molecular complexity index is 924. The van der Waals surface area contributed by atoms with Crippen LogP contribution in [0.1, 0.15) is 11.1 Å². The first kappa shape index (κ1) is 18.0. The molecule has 0 aliphatic rings. The van der Waals surface area contributed by atoms with Gasteiger partial charge in [-0.2, -0.15) is 0 Å². The SMILES string of the molecule is O=C(N[C@H](Cc1c[nH]c2cc(Br)ccc12)C(=O)O)OCc1ccccc1. The molecule has 0 aliphatic heterocycles. The van der Waals surface area contributed by atoms with Gasteiger partial charge in [0.2, 0.25) is 0 Å². The highest BCUT2D eigenvalue weighted by Crippen LogP contribution is 2.23. The molecule has 1 heterocycles. The summed E-state index contributed by atoms with van der Waals surface area (Å²) in [6.45, 7) is 0.0835. The van der Waals surface area contributed by atoms with Crippen molar-refractivity contribution in [1.29, 1.82) is 0 Å². The van der Waals surface area contributed by atoms with E-state index in [1.165, 1.54) is 0 Å². The zero-order valence-electron chi connectivity index (χ0n) is 13.7. The van der Waals surface area contributed by atoms with Crippen LogP contribution in [0.5, 0.6) is 0 Å². The number of hydrogen-bond donors (Lipinski definition) is 3. The molecule has 0 unspecified atom stereocenters. The van der Waals surface area contributed by atoms with Crippen molar-refractivity contribution >= 4 is 38.9 Å². The molecule has 1 aromatic heterocycles. The number of amides is 1. The number of carbonyl (C=O) groups excluding carboxylic acids is 1. The summed E-state index contributed by atoms with van der Waals surface area (Å²) >= 11 is 3.40. The van der Waals surface area contributed by atoms with Gasteiger partial charge in [-0.1, -0.05) is 52.3 Å². The fourth-order valence-electron chi connectivity index (χ4n) is 2.65. The van der Waals surface area contributed by atoms with Crippen molar-refractivity contribution in [1.82, 2.24) is 10.3 Å². The van der Waals surface area contributed by atoms with Crippen LogP contribution in [0.3, 0.4) is 0 Å². The minimum absolute atomic E-state index is 0.0835. The third kappa shape index (κ3) is 4.43. The third-order valence-corrected chi connectivity index (χ3v) is 4.45. The van der Waals surface area contributed by atoms with Crippen molar-refractivity contribution in [3.8, 4) is 0 Å². The van der Waals surface area contributed by atoms with Gasteiger partial charge in [0.05, 0.1) is 0 Å². The molecular weight excluding hydrogens is 400 g/mol. The van der Waals surface area contributed by atoms with Crippen molar-refractivity contribution in [2.75, 3.05) is 0 Å². The number of nitrogens with one attached hydrogen (secondary N) is 2. The second kappa shape index (κ2) is 8.05. The second-order valence-corrected chi connectivity index (χ2v) is 6.72. The average molecular weight is 417 g/mol. The summed E-state index contributed by atoms with van der Waals surface area (Å²) < 4.78 is 6.03. The summed E-state index contributed by atoms with van der Waals surface area (Å²) in [4.78, 5) is 26.6. The number of aliphatic carboxylic acids is 1. The lowest BCUT2D eigenvalue weighted by Gasteiger charge is -2.14. The standard InChI is InChI=1S/C19H17BrN2O4/c20-14-6-7-15-13(10-21-16(15)9-14)8-17(18(23)24)22-19(25)26-11-12-4-2-1-3-5-12/h1-7,9-10,17,21H,8,11H2,(H,22,25)(H,23,24)/t17-/m1/s1. The van der Waals surface area contributed by atoms with E-state index in [1.807, 2.05) is 48.5 Å². The molecule has 0 fully saturated rings. The minimum atomic E-state index is -1.12. The highest BCUT2D eigenvalue weighted by molar-refractivity contribution is 9.10. The summed E-state index contributed by atoms with van der Waals surface area (Å²) in [5.74, 6) is -1.12. The molecule has 0 radical (unpaired) electrons. The van der Waals surface area contributed by atoms with Gasteiger partial charge in [-0.25, -0.2) is 9.59 Å². The number of rotatable bonds is 6. The highest BCUT2D eigenvalue weighted by atomic mass is 79.9. The van der Waals surface area contributed by atoms with E-state index in [0.717, 1.165) is 26.5 Å². The van der Waals surface area contributed by atoms with Crippen LogP contribution < -0.4 is 5.32 Å². The number of benzene rings is 2. The zero-order chi connectivity index (χ0) is 18.5. The summed E-state index contributed by atoms with van der Waals surface area (Å²) in [6, 6.07) is 13.8.